The zero-order valence-electron chi connectivity index (χ0n) is 18.3. The highest BCUT2D eigenvalue weighted by atomic mass is 16.5. The molecule has 10 nitrogen and oxygen atoms in total. The van der Waals surface area contributed by atoms with Crippen LogP contribution in [0.15, 0.2) is 0 Å². The van der Waals surface area contributed by atoms with Crippen LogP contribution < -0.4 is 16.0 Å². The average molecular weight is 430 g/mol. The quantitative estimate of drug-likeness (QED) is 0.257. The second-order valence-electron chi connectivity index (χ2n) is 7.55. The topological polar surface area (TPSA) is 151 Å². The molecule has 0 spiro atoms. The minimum absolute atomic E-state index is 0.00898. The van der Waals surface area contributed by atoms with Gasteiger partial charge in [0.2, 0.25) is 17.7 Å². The molecule has 10 heteroatoms. The van der Waals surface area contributed by atoms with Gasteiger partial charge in [0, 0.05) is 32.4 Å². The molecule has 2 atom stereocenters. The Kier molecular flexibility index (Phi) is 14.1. The normalized spacial score (nSPS) is 12.7. The van der Waals surface area contributed by atoms with Gasteiger partial charge >= 0.3 is 5.97 Å². The molecule has 30 heavy (non-hydrogen) atoms. The molecule has 0 aromatic carbocycles. The van der Waals surface area contributed by atoms with Crippen LogP contribution in [-0.2, 0) is 28.7 Å². The number of carbonyl (C=O) groups is 5. The van der Waals surface area contributed by atoms with Crippen LogP contribution in [0.2, 0.25) is 0 Å². The highest BCUT2D eigenvalue weighted by Crippen LogP contribution is 2.17. The number of ketones is 1. The van der Waals surface area contributed by atoms with E-state index in [1.165, 1.54) is 14.0 Å². The first-order valence-corrected chi connectivity index (χ1v) is 10.1. The fourth-order valence-corrected chi connectivity index (χ4v) is 2.82. The van der Waals surface area contributed by atoms with Crippen LogP contribution >= 0.6 is 0 Å². The molecule has 0 saturated heterocycles. The number of Topliss-reactive ketones (excluding diaryl/α,β-unsaturated/α-hetero) is 1. The van der Waals surface area contributed by atoms with Gasteiger partial charge in [-0.25, -0.2) is 0 Å². The number of hydrogen-bond acceptors (Lipinski definition) is 6. The molecule has 0 rings (SSSR count). The van der Waals surface area contributed by atoms with E-state index < -0.39 is 23.8 Å². The van der Waals surface area contributed by atoms with Crippen molar-refractivity contribution < 1.29 is 33.8 Å². The Morgan fingerprint density at radius 3 is 2.20 bits per heavy atom. The van der Waals surface area contributed by atoms with Crippen LogP contribution in [0.4, 0.5) is 0 Å². The van der Waals surface area contributed by atoms with Gasteiger partial charge in [0.05, 0.1) is 19.6 Å². The smallest absolute Gasteiger partial charge is 0.305 e. The molecular weight excluding hydrogens is 394 g/mol. The van der Waals surface area contributed by atoms with Crippen molar-refractivity contribution in [1.82, 2.24) is 16.0 Å². The van der Waals surface area contributed by atoms with E-state index in [4.69, 9.17) is 9.84 Å². The lowest BCUT2D eigenvalue weighted by Crippen LogP contribution is -2.48. The van der Waals surface area contributed by atoms with Crippen molar-refractivity contribution in [3.05, 3.63) is 0 Å². The maximum atomic E-state index is 12.6. The zero-order chi connectivity index (χ0) is 23.1. The van der Waals surface area contributed by atoms with Crippen molar-refractivity contribution >= 4 is 29.5 Å². The van der Waals surface area contributed by atoms with Gasteiger partial charge in [-0.3, -0.25) is 19.2 Å². The van der Waals surface area contributed by atoms with E-state index in [9.17, 15) is 24.0 Å². The Balaban J connectivity index is 4.58. The summed E-state index contributed by atoms with van der Waals surface area (Å²) in [5.41, 5.74) is 0. The van der Waals surface area contributed by atoms with E-state index in [1.807, 2.05) is 13.8 Å². The third-order valence-electron chi connectivity index (χ3n) is 4.23. The number of carboxylic acids is 1. The van der Waals surface area contributed by atoms with Crippen molar-refractivity contribution in [2.45, 2.75) is 58.9 Å². The first-order valence-electron chi connectivity index (χ1n) is 10.1. The number of carbonyl (C=O) groups excluding carboxylic acids is 4. The number of hydrogen-bond donors (Lipinski definition) is 4. The minimum atomic E-state index is -0.958. The second kappa shape index (κ2) is 15.4. The number of ether oxygens (including phenoxy) is 1. The van der Waals surface area contributed by atoms with Gasteiger partial charge in [-0.1, -0.05) is 13.8 Å². The SMILES string of the molecule is CNC(=O)[C@H](CCC(=O)NCCOCCC(=O)O)NC(=O)[C@@H](CC(C)=O)CC(C)C. The predicted molar refractivity (Wildman–Crippen MR) is 110 cm³/mol. The van der Waals surface area contributed by atoms with Crippen LogP contribution in [0.3, 0.4) is 0 Å². The summed E-state index contributed by atoms with van der Waals surface area (Å²) in [5.74, 6) is -2.48. The summed E-state index contributed by atoms with van der Waals surface area (Å²) in [6, 6.07) is -0.887. The fourth-order valence-electron chi connectivity index (χ4n) is 2.82. The van der Waals surface area contributed by atoms with Crippen LogP contribution in [0, 0.1) is 11.8 Å². The molecule has 0 aliphatic heterocycles. The van der Waals surface area contributed by atoms with Gasteiger partial charge in [-0.05, 0) is 25.7 Å². The van der Waals surface area contributed by atoms with Gasteiger partial charge < -0.3 is 30.6 Å². The molecule has 0 aliphatic rings. The summed E-state index contributed by atoms with van der Waals surface area (Å²) in [5, 5.41) is 16.2. The van der Waals surface area contributed by atoms with E-state index in [0.717, 1.165) is 0 Å². The number of carboxylic acid groups (broad SMARTS) is 1. The minimum Gasteiger partial charge on any atom is -0.481 e. The third kappa shape index (κ3) is 13.6. The van der Waals surface area contributed by atoms with E-state index in [0.29, 0.717) is 6.42 Å². The summed E-state index contributed by atoms with van der Waals surface area (Å²) in [6.07, 6.45) is 0.630. The first-order chi connectivity index (χ1) is 14.1. The van der Waals surface area contributed by atoms with Crippen molar-refractivity contribution in [2.75, 3.05) is 26.8 Å². The van der Waals surface area contributed by atoms with Gasteiger partial charge in [-0.2, -0.15) is 0 Å². The molecule has 0 bridgehead atoms. The first kappa shape index (κ1) is 27.5. The largest absolute Gasteiger partial charge is 0.481 e. The molecule has 0 radical (unpaired) electrons. The maximum absolute atomic E-state index is 12.6. The summed E-state index contributed by atoms with van der Waals surface area (Å²) in [4.78, 5) is 58.5. The molecule has 0 aromatic heterocycles. The number of aliphatic carboxylic acids is 1. The fraction of sp³-hybridized carbons (Fsp3) is 0.750. The van der Waals surface area contributed by atoms with Gasteiger partial charge in [-0.15, -0.1) is 0 Å². The van der Waals surface area contributed by atoms with Crippen molar-refractivity contribution in [2.24, 2.45) is 11.8 Å². The van der Waals surface area contributed by atoms with Gasteiger partial charge in [0.25, 0.3) is 0 Å². The number of rotatable bonds is 16. The van der Waals surface area contributed by atoms with Crippen molar-refractivity contribution in [3.63, 3.8) is 0 Å². The summed E-state index contributed by atoms with van der Waals surface area (Å²) in [7, 11) is 1.44. The summed E-state index contributed by atoms with van der Waals surface area (Å²) in [6.45, 7) is 5.78. The predicted octanol–water partition coefficient (Wildman–Crippen LogP) is 0.246. The Bertz CT molecular complexity index is 593. The van der Waals surface area contributed by atoms with E-state index in [1.54, 1.807) is 0 Å². The molecular formula is C20H35N3O7. The molecule has 172 valence electrons. The average Bonchev–Trinajstić information content (AvgIpc) is 2.65. The maximum Gasteiger partial charge on any atom is 0.305 e. The van der Waals surface area contributed by atoms with Crippen molar-refractivity contribution in [3.8, 4) is 0 Å². The molecule has 0 aromatic rings. The second-order valence-corrected chi connectivity index (χ2v) is 7.55. The highest BCUT2D eigenvalue weighted by Gasteiger charge is 2.27. The molecule has 0 aliphatic carbocycles. The van der Waals surface area contributed by atoms with E-state index in [2.05, 4.69) is 16.0 Å². The standard InChI is InChI=1S/C20H35N3O7/c1-13(2)11-15(12-14(3)24)19(28)23-16(20(29)21-4)5-6-17(25)22-8-10-30-9-7-18(26)27/h13,15-16H,5-12H2,1-4H3,(H,21,29)(H,22,25)(H,23,28)(H,26,27)/t15-,16+/m1/s1. The lowest BCUT2D eigenvalue weighted by atomic mass is 9.91. The van der Waals surface area contributed by atoms with E-state index in [-0.39, 0.29) is 69.0 Å². The van der Waals surface area contributed by atoms with E-state index >= 15 is 0 Å². The molecule has 4 N–H and O–H groups in total. The zero-order valence-corrected chi connectivity index (χ0v) is 18.3. The lowest BCUT2D eigenvalue weighted by Gasteiger charge is -2.22. The Hall–Kier alpha value is -2.49. The Morgan fingerprint density at radius 2 is 1.67 bits per heavy atom. The molecule has 0 unspecified atom stereocenters. The number of likely N-dealkylation sites (N-methyl/N-ethyl adjacent to an activating group) is 1. The van der Waals surface area contributed by atoms with Crippen LogP contribution in [0.1, 0.15) is 52.9 Å². The number of amides is 3. The van der Waals surface area contributed by atoms with Crippen LogP contribution in [0.5, 0.6) is 0 Å². The highest BCUT2D eigenvalue weighted by molar-refractivity contribution is 5.91. The summed E-state index contributed by atoms with van der Waals surface area (Å²) >= 11 is 0. The summed E-state index contributed by atoms with van der Waals surface area (Å²) < 4.78 is 5.07. The van der Waals surface area contributed by atoms with Crippen LogP contribution in [-0.4, -0.2) is 67.4 Å². The Morgan fingerprint density at radius 1 is 1.00 bits per heavy atom. The molecule has 0 saturated carbocycles. The van der Waals surface area contributed by atoms with Crippen molar-refractivity contribution in [1.29, 1.82) is 0 Å². The number of nitrogens with one attached hydrogen (secondary N) is 3. The molecule has 3 amide bonds. The van der Waals surface area contributed by atoms with Gasteiger partial charge in [0.15, 0.2) is 0 Å². The molecule has 0 fully saturated rings. The lowest BCUT2D eigenvalue weighted by molar-refractivity contribution is -0.138. The molecule has 0 heterocycles. The monoisotopic (exact) mass is 429 g/mol. The Labute approximate surface area is 177 Å². The third-order valence-corrected chi connectivity index (χ3v) is 4.23. The van der Waals surface area contributed by atoms with Gasteiger partial charge in [0.1, 0.15) is 11.8 Å². The van der Waals surface area contributed by atoms with Crippen LogP contribution in [0.25, 0.3) is 0 Å².